The molecule has 1 aromatic rings. The van der Waals surface area contributed by atoms with Gasteiger partial charge in [-0.1, -0.05) is 12.1 Å². The number of rotatable bonds is 4. The zero-order chi connectivity index (χ0) is 12.8. The number of aliphatic imine (C=N–C) groups is 1. The van der Waals surface area contributed by atoms with E-state index in [4.69, 9.17) is 14.6 Å². The van der Waals surface area contributed by atoms with Crippen molar-refractivity contribution in [2.24, 2.45) is 4.99 Å². The number of carbonyl (C=O) groups is 1. The van der Waals surface area contributed by atoms with E-state index in [1.807, 2.05) is 18.2 Å². The monoisotopic (exact) mass is 247 g/mol. The molecule has 0 aromatic heterocycles. The van der Waals surface area contributed by atoms with Crippen molar-refractivity contribution in [2.45, 2.75) is 6.29 Å². The highest BCUT2D eigenvalue weighted by Gasteiger charge is 2.17. The second-order valence-corrected chi connectivity index (χ2v) is 3.67. The average molecular weight is 247 g/mol. The van der Waals surface area contributed by atoms with Crippen molar-refractivity contribution < 1.29 is 19.4 Å². The summed E-state index contributed by atoms with van der Waals surface area (Å²) in [5.74, 6) is 0. The third-order valence-electron chi connectivity index (χ3n) is 2.41. The fourth-order valence-corrected chi connectivity index (χ4v) is 1.55. The number of benzene rings is 1. The van der Waals surface area contributed by atoms with E-state index in [0.717, 1.165) is 5.56 Å². The van der Waals surface area contributed by atoms with Gasteiger partial charge in [-0.2, -0.15) is 0 Å². The van der Waals surface area contributed by atoms with Crippen LogP contribution in [-0.2, 0) is 14.3 Å². The molecule has 5 heteroatoms. The van der Waals surface area contributed by atoms with Gasteiger partial charge in [-0.15, -0.1) is 0 Å². The molecule has 1 heterocycles. The van der Waals surface area contributed by atoms with E-state index in [0.29, 0.717) is 31.4 Å². The maximum atomic E-state index is 10.5. The van der Waals surface area contributed by atoms with E-state index in [-0.39, 0.29) is 11.9 Å². The number of nitrogens with zero attached hydrogens (tertiary/aromatic N) is 1. The largest absolute Gasteiger partial charge is 0.515 e. The molecule has 18 heavy (non-hydrogen) atoms. The van der Waals surface area contributed by atoms with Crippen LogP contribution in [0.5, 0.6) is 0 Å². The van der Waals surface area contributed by atoms with E-state index in [2.05, 4.69) is 4.99 Å². The van der Waals surface area contributed by atoms with Gasteiger partial charge in [-0.25, -0.2) is 0 Å². The molecule has 0 saturated carbocycles. The highest BCUT2D eigenvalue weighted by Crippen LogP contribution is 2.26. The second-order valence-electron chi connectivity index (χ2n) is 3.67. The summed E-state index contributed by atoms with van der Waals surface area (Å²) in [4.78, 5) is 14.6. The molecule has 94 valence electrons. The minimum atomic E-state index is -0.348. The highest BCUT2D eigenvalue weighted by atomic mass is 16.7. The molecule has 5 nitrogen and oxygen atoms in total. The van der Waals surface area contributed by atoms with Crippen LogP contribution < -0.4 is 0 Å². The van der Waals surface area contributed by atoms with Gasteiger partial charge in [0, 0.05) is 11.8 Å². The van der Waals surface area contributed by atoms with Gasteiger partial charge in [-0.05, 0) is 12.1 Å². The number of hydrogen-bond acceptors (Lipinski definition) is 5. The van der Waals surface area contributed by atoms with Gasteiger partial charge in [0.25, 0.3) is 0 Å². The number of aliphatic hydroxyl groups is 1. The van der Waals surface area contributed by atoms with Gasteiger partial charge < -0.3 is 14.6 Å². The predicted molar refractivity (Wildman–Crippen MR) is 66.0 cm³/mol. The lowest BCUT2D eigenvalue weighted by molar-refractivity contribution is -0.104. The Bertz CT molecular complexity index is 476. The van der Waals surface area contributed by atoms with Crippen LogP contribution in [0.15, 0.2) is 41.1 Å². The molecule has 0 bridgehead atoms. The molecular formula is C13H13NO4. The molecule has 1 aliphatic rings. The molecule has 0 aliphatic carbocycles. The van der Waals surface area contributed by atoms with E-state index >= 15 is 0 Å². The first-order valence-electron chi connectivity index (χ1n) is 5.50. The summed E-state index contributed by atoms with van der Waals surface area (Å²) < 4.78 is 10.8. The normalized spacial score (nSPS) is 17.4. The van der Waals surface area contributed by atoms with Crippen LogP contribution in [0.2, 0.25) is 0 Å². The van der Waals surface area contributed by atoms with Crippen molar-refractivity contribution in [3.8, 4) is 0 Å². The van der Waals surface area contributed by atoms with E-state index in [1.165, 1.54) is 6.21 Å². The summed E-state index contributed by atoms with van der Waals surface area (Å²) in [5.41, 5.74) is 1.64. The number of aldehydes is 1. The number of carbonyl (C=O) groups excluding carboxylic acids is 1. The molecule has 0 atom stereocenters. The standard InChI is InChI=1S/C13H13NO4/c15-8-10(9-16)7-14-12-3-1-2-11(6-12)13-17-4-5-18-13/h1-3,6-9,13,15H,4-5H2. The average Bonchev–Trinajstić information content (AvgIpc) is 2.94. The first-order valence-corrected chi connectivity index (χ1v) is 5.50. The number of hydrogen-bond donors (Lipinski definition) is 1. The summed E-state index contributed by atoms with van der Waals surface area (Å²) in [7, 11) is 0. The molecule has 1 fully saturated rings. The molecule has 0 unspecified atom stereocenters. The van der Waals surface area contributed by atoms with Crippen molar-refractivity contribution in [2.75, 3.05) is 13.2 Å². The molecule has 1 N–H and O–H groups in total. The zero-order valence-electron chi connectivity index (χ0n) is 9.65. The summed E-state index contributed by atoms with van der Waals surface area (Å²) in [6.07, 6.45) is 2.18. The minimum Gasteiger partial charge on any atom is -0.515 e. The van der Waals surface area contributed by atoms with Crippen LogP contribution in [0, 0.1) is 0 Å². The van der Waals surface area contributed by atoms with Crippen LogP contribution in [-0.4, -0.2) is 30.8 Å². The lowest BCUT2D eigenvalue weighted by Crippen LogP contribution is -1.97. The summed E-state index contributed by atoms with van der Waals surface area (Å²) >= 11 is 0. The smallest absolute Gasteiger partial charge is 0.184 e. The number of ether oxygens (including phenoxy) is 2. The first-order chi connectivity index (χ1) is 8.83. The fourth-order valence-electron chi connectivity index (χ4n) is 1.55. The van der Waals surface area contributed by atoms with Gasteiger partial charge in [0.15, 0.2) is 12.6 Å². The topological polar surface area (TPSA) is 68.1 Å². The van der Waals surface area contributed by atoms with Gasteiger partial charge >= 0.3 is 0 Å². The molecule has 0 amide bonds. The maximum Gasteiger partial charge on any atom is 0.184 e. The van der Waals surface area contributed by atoms with E-state index in [9.17, 15) is 4.79 Å². The number of aliphatic hydroxyl groups excluding tert-OH is 1. The third-order valence-corrected chi connectivity index (χ3v) is 2.41. The Balaban J connectivity index is 2.14. The molecule has 2 rings (SSSR count). The Morgan fingerprint density at radius 3 is 2.83 bits per heavy atom. The van der Waals surface area contributed by atoms with Gasteiger partial charge in [0.2, 0.25) is 0 Å². The van der Waals surface area contributed by atoms with Crippen LogP contribution in [0.3, 0.4) is 0 Å². The Hall–Kier alpha value is -1.98. The van der Waals surface area contributed by atoms with E-state index < -0.39 is 0 Å². The Kier molecular flexibility index (Phi) is 4.22. The van der Waals surface area contributed by atoms with Gasteiger partial charge in [0.1, 0.15) is 0 Å². The van der Waals surface area contributed by atoms with E-state index in [1.54, 1.807) is 6.07 Å². The summed E-state index contributed by atoms with van der Waals surface area (Å²) in [6.45, 7) is 1.17. The van der Waals surface area contributed by atoms with Crippen LogP contribution >= 0.6 is 0 Å². The Morgan fingerprint density at radius 2 is 2.17 bits per heavy atom. The van der Waals surface area contributed by atoms with Gasteiger partial charge in [0.05, 0.1) is 30.7 Å². The van der Waals surface area contributed by atoms with Crippen molar-refractivity contribution in [3.05, 3.63) is 41.7 Å². The molecule has 0 spiro atoms. The molecule has 1 aromatic carbocycles. The quantitative estimate of drug-likeness (QED) is 0.383. The summed E-state index contributed by atoms with van der Waals surface area (Å²) in [5, 5.41) is 8.71. The SMILES string of the molecule is O=CC(C=Nc1cccc(C2OCCO2)c1)=CO. The van der Waals surface area contributed by atoms with Crippen molar-refractivity contribution in [1.82, 2.24) is 0 Å². The van der Waals surface area contributed by atoms with Crippen LogP contribution in [0.25, 0.3) is 0 Å². The second kappa shape index (κ2) is 6.09. The predicted octanol–water partition coefficient (Wildman–Crippen LogP) is 2.08. The molecule has 1 saturated heterocycles. The molecular weight excluding hydrogens is 234 g/mol. The number of allylic oxidation sites excluding steroid dienone is 1. The lowest BCUT2D eigenvalue weighted by Gasteiger charge is -2.09. The minimum absolute atomic E-state index is 0.105. The van der Waals surface area contributed by atoms with Crippen LogP contribution in [0.1, 0.15) is 11.9 Å². The van der Waals surface area contributed by atoms with Crippen molar-refractivity contribution >= 4 is 18.2 Å². The van der Waals surface area contributed by atoms with Crippen LogP contribution in [0.4, 0.5) is 5.69 Å². The lowest BCUT2D eigenvalue weighted by atomic mass is 10.2. The maximum absolute atomic E-state index is 10.5. The Morgan fingerprint density at radius 1 is 1.39 bits per heavy atom. The fraction of sp³-hybridized carbons (Fsp3) is 0.231. The Labute approximate surface area is 104 Å². The van der Waals surface area contributed by atoms with Crippen molar-refractivity contribution in [1.29, 1.82) is 0 Å². The third kappa shape index (κ3) is 3.03. The summed E-state index contributed by atoms with van der Waals surface area (Å²) in [6, 6.07) is 7.31. The zero-order valence-corrected chi connectivity index (χ0v) is 9.65. The van der Waals surface area contributed by atoms with Gasteiger partial charge in [-0.3, -0.25) is 9.79 Å². The first kappa shape index (κ1) is 12.5. The highest BCUT2D eigenvalue weighted by molar-refractivity contribution is 6.02. The molecule has 1 aliphatic heterocycles. The molecule has 0 radical (unpaired) electrons. The van der Waals surface area contributed by atoms with Crippen molar-refractivity contribution in [3.63, 3.8) is 0 Å².